The maximum atomic E-state index is 12.9. The second-order valence-electron chi connectivity index (χ2n) is 7.22. The molecular formula is C22H23FN2O3. The van der Waals surface area contributed by atoms with Crippen LogP contribution in [0.2, 0.25) is 0 Å². The van der Waals surface area contributed by atoms with Crippen molar-refractivity contribution in [3.63, 3.8) is 0 Å². The largest absolute Gasteiger partial charge is 0.326 e. The van der Waals surface area contributed by atoms with Crippen LogP contribution in [0.4, 0.5) is 15.8 Å². The molecule has 0 unspecified atom stereocenters. The third kappa shape index (κ3) is 4.44. The molecule has 0 aromatic heterocycles. The first-order valence-electron chi connectivity index (χ1n) is 9.38. The molecule has 0 saturated carbocycles. The van der Waals surface area contributed by atoms with Crippen molar-refractivity contribution in [2.45, 2.75) is 33.1 Å². The van der Waals surface area contributed by atoms with Gasteiger partial charge in [-0.1, -0.05) is 13.8 Å². The minimum atomic E-state index is -0.403. The Morgan fingerprint density at radius 3 is 2.46 bits per heavy atom. The van der Waals surface area contributed by atoms with Gasteiger partial charge in [-0.3, -0.25) is 14.4 Å². The number of nitrogens with zero attached hydrogens (tertiary/aromatic N) is 1. The first-order valence-corrected chi connectivity index (χ1v) is 9.38. The Morgan fingerprint density at radius 1 is 1.07 bits per heavy atom. The Bertz CT molecular complexity index is 906. The van der Waals surface area contributed by atoms with Gasteiger partial charge >= 0.3 is 0 Å². The summed E-state index contributed by atoms with van der Waals surface area (Å²) in [7, 11) is 0. The van der Waals surface area contributed by atoms with Crippen LogP contribution in [-0.4, -0.2) is 24.1 Å². The Morgan fingerprint density at radius 2 is 1.79 bits per heavy atom. The summed E-state index contributed by atoms with van der Waals surface area (Å²) in [5.41, 5.74) is 2.95. The number of halogens is 1. The van der Waals surface area contributed by atoms with E-state index in [0.29, 0.717) is 17.8 Å². The van der Waals surface area contributed by atoms with Crippen LogP contribution in [0, 0.1) is 11.7 Å². The quantitative estimate of drug-likeness (QED) is 0.769. The molecule has 3 rings (SSSR count). The van der Waals surface area contributed by atoms with E-state index < -0.39 is 5.82 Å². The van der Waals surface area contributed by atoms with Crippen LogP contribution >= 0.6 is 0 Å². The molecule has 28 heavy (non-hydrogen) atoms. The Balaban J connectivity index is 1.57. The summed E-state index contributed by atoms with van der Waals surface area (Å²) in [4.78, 5) is 38.3. The van der Waals surface area contributed by atoms with Crippen LogP contribution in [-0.2, 0) is 16.0 Å². The molecule has 1 aliphatic rings. The molecule has 2 aromatic carbocycles. The monoisotopic (exact) mass is 382 g/mol. The minimum Gasteiger partial charge on any atom is -0.326 e. The molecule has 1 heterocycles. The average molecular weight is 382 g/mol. The van der Waals surface area contributed by atoms with Crippen LogP contribution in [0.3, 0.4) is 0 Å². The van der Waals surface area contributed by atoms with E-state index in [4.69, 9.17) is 0 Å². The summed E-state index contributed by atoms with van der Waals surface area (Å²) in [5, 5.41) is 2.80. The lowest BCUT2D eigenvalue weighted by atomic mass is 10.1. The molecular weight excluding hydrogens is 359 g/mol. The zero-order chi connectivity index (χ0) is 20.3. The van der Waals surface area contributed by atoms with E-state index in [1.54, 1.807) is 11.0 Å². The summed E-state index contributed by atoms with van der Waals surface area (Å²) < 4.78 is 12.9. The van der Waals surface area contributed by atoms with Crippen molar-refractivity contribution in [1.82, 2.24) is 0 Å². The number of amides is 2. The number of Topliss-reactive ketones (excluding diaryl/α,β-unsaturated/α-hetero) is 1. The first-order chi connectivity index (χ1) is 13.3. The van der Waals surface area contributed by atoms with Crippen LogP contribution in [0.1, 0.15) is 42.6 Å². The lowest BCUT2D eigenvalue weighted by Gasteiger charge is -2.19. The number of ketones is 1. The molecule has 0 bridgehead atoms. The van der Waals surface area contributed by atoms with Crippen LogP contribution in [0.15, 0.2) is 42.5 Å². The van der Waals surface area contributed by atoms with Gasteiger partial charge in [0.1, 0.15) is 5.82 Å². The van der Waals surface area contributed by atoms with Gasteiger partial charge < -0.3 is 10.2 Å². The van der Waals surface area contributed by atoms with Gasteiger partial charge in [0.25, 0.3) is 0 Å². The number of anilines is 2. The highest BCUT2D eigenvalue weighted by molar-refractivity contribution is 6.00. The molecule has 2 amide bonds. The average Bonchev–Trinajstić information content (AvgIpc) is 3.09. The predicted octanol–water partition coefficient (Wildman–Crippen LogP) is 3.97. The van der Waals surface area contributed by atoms with E-state index >= 15 is 0 Å². The normalized spacial score (nSPS) is 12.8. The number of nitrogens with one attached hydrogen (secondary N) is 1. The van der Waals surface area contributed by atoms with Crippen molar-refractivity contribution in [2.24, 2.45) is 5.92 Å². The predicted molar refractivity (Wildman–Crippen MR) is 106 cm³/mol. The minimum absolute atomic E-state index is 0.0469. The zero-order valence-corrected chi connectivity index (χ0v) is 16.0. The number of hydrogen-bond donors (Lipinski definition) is 1. The van der Waals surface area contributed by atoms with E-state index in [1.165, 1.54) is 24.3 Å². The molecule has 1 N–H and O–H groups in total. The SMILES string of the molecule is CC(C)C(=O)N1CCc2cc(NC(=O)CCC(=O)c3ccc(F)cc3)ccc21. The van der Waals surface area contributed by atoms with Gasteiger partial charge in [-0.05, 0) is 54.4 Å². The van der Waals surface area contributed by atoms with Crippen LogP contribution in [0.5, 0.6) is 0 Å². The van der Waals surface area contributed by atoms with E-state index in [2.05, 4.69) is 5.32 Å². The van der Waals surface area contributed by atoms with E-state index in [-0.39, 0.29) is 36.4 Å². The highest BCUT2D eigenvalue weighted by Gasteiger charge is 2.26. The van der Waals surface area contributed by atoms with Gasteiger partial charge in [0, 0.05) is 42.2 Å². The number of benzene rings is 2. The van der Waals surface area contributed by atoms with Crippen molar-refractivity contribution in [1.29, 1.82) is 0 Å². The molecule has 5 nitrogen and oxygen atoms in total. The summed E-state index contributed by atoms with van der Waals surface area (Å²) in [6.45, 7) is 4.40. The summed E-state index contributed by atoms with van der Waals surface area (Å²) in [6, 6.07) is 10.8. The molecule has 0 fully saturated rings. The van der Waals surface area contributed by atoms with Crippen molar-refractivity contribution in [3.05, 3.63) is 59.4 Å². The van der Waals surface area contributed by atoms with Crippen molar-refractivity contribution in [2.75, 3.05) is 16.8 Å². The van der Waals surface area contributed by atoms with E-state index in [9.17, 15) is 18.8 Å². The number of carbonyl (C=O) groups excluding carboxylic acids is 3. The summed E-state index contributed by atoms with van der Waals surface area (Å²) >= 11 is 0. The van der Waals surface area contributed by atoms with Crippen LogP contribution < -0.4 is 10.2 Å². The molecule has 0 saturated heterocycles. The fourth-order valence-electron chi connectivity index (χ4n) is 3.25. The maximum Gasteiger partial charge on any atom is 0.229 e. The number of fused-ring (bicyclic) bond motifs is 1. The van der Waals surface area contributed by atoms with Crippen molar-refractivity contribution >= 4 is 29.0 Å². The standard InChI is InChI=1S/C22H23FN2O3/c1-14(2)22(28)25-12-11-16-13-18(7-8-19(16)25)24-21(27)10-9-20(26)15-3-5-17(23)6-4-15/h3-8,13-14H,9-12H2,1-2H3,(H,24,27). The van der Waals surface area contributed by atoms with Gasteiger partial charge in [-0.2, -0.15) is 0 Å². The van der Waals surface area contributed by atoms with Gasteiger partial charge in [-0.25, -0.2) is 4.39 Å². The topological polar surface area (TPSA) is 66.5 Å². The van der Waals surface area contributed by atoms with E-state index in [1.807, 2.05) is 26.0 Å². The van der Waals surface area contributed by atoms with Gasteiger partial charge in [0.05, 0.1) is 0 Å². The molecule has 6 heteroatoms. The molecule has 0 spiro atoms. The first kappa shape index (κ1) is 19.7. The molecule has 2 aromatic rings. The molecule has 0 atom stereocenters. The highest BCUT2D eigenvalue weighted by Crippen LogP contribution is 2.31. The Hall–Kier alpha value is -3.02. The Kier molecular flexibility index (Phi) is 5.87. The maximum absolute atomic E-state index is 12.9. The fourth-order valence-corrected chi connectivity index (χ4v) is 3.25. The Labute approximate surface area is 163 Å². The van der Waals surface area contributed by atoms with Crippen molar-refractivity contribution < 1.29 is 18.8 Å². The van der Waals surface area contributed by atoms with Gasteiger partial charge in [0.15, 0.2) is 5.78 Å². The van der Waals surface area contributed by atoms with Crippen LogP contribution in [0.25, 0.3) is 0 Å². The second kappa shape index (κ2) is 8.33. The zero-order valence-electron chi connectivity index (χ0n) is 16.0. The smallest absolute Gasteiger partial charge is 0.229 e. The van der Waals surface area contributed by atoms with Crippen molar-refractivity contribution in [3.8, 4) is 0 Å². The van der Waals surface area contributed by atoms with E-state index in [0.717, 1.165) is 17.7 Å². The van der Waals surface area contributed by atoms with Gasteiger partial charge in [-0.15, -0.1) is 0 Å². The highest BCUT2D eigenvalue weighted by atomic mass is 19.1. The lowest BCUT2D eigenvalue weighted by Crippen LogP contribution is -2.32. The summed E-state index contributed by atoms with van der Waals surface area (Å²) in [6.07, 6.45) is 0.852. The number of rotatable bonds is 6. The fraction of sp³-hybridized carbons (Fsp3) is 0.318. The van der Waals surface area contributed by atoms with Gasteiger partial charge in [0.2, 0.25) is 11.8 Å². The lowest BCUT2D eigenvalue weighted by molar-refractivity contribution is -0.121. The third-order valence-electron chi connectivity index (χ3n) is 4.76. The number of carbonyl (C=O) groups is 3. The second-order valence-corrected chi connectivity index (χ2v) is 7.22. The summed E-state index contributed by atoms with van der Waals surface area (Å²) in [5.74, 6) is -0.839. The molecule has 1 aliphatic heterocycles. The molecule has 146 valence electrons. The molecule has 0 aliphatic carbocycles. The number of hydrogen-bond acceptors (Lipinski definition) is 3. The molecule has 0 radical (unpaired) electrons. The third-order valence-corrected chi connectivity index (χ3v) is 4.76.